The molecule has 1 N–H and O–H groups in total. The molecule has 0 spiro atoms. The molecule has 0 aromatic rings. The van der Waals surface area contributed by atoms with Gasteiger partial charge in [0.25, 0.3) is 0 Å². The first-order chi connectivity index (χ1) is 5.43. The van der Waals surface area contributed by atoms with E-state index in [1.807, 2.05) is 6.29 Å². The first-order valence-electron chi connectivity index (χ1n) is 4.17. The fourth-order valence-electron chi connectivity index (χ4n) is 1.36. The Morgan fingerprint density at radius 1 is 1.36 bits per heavy atom. The number of rotatable bonds is 3. The molecule has 1 radical (unpaired) electrons. The topological polar surface area (TPSA) is 29.1 Å². The van der Waals surface area contributed by atoms with Gasteiger partial charge in [-0.25, -0.2) is 0 Å². The lowest BCUT2D eigenvalue weighted by Gasteiger charge is -2.12. The molecule has 0 amide bonds. The van der Waals surface area contributed by atoms with Crippen molar-refractivity contribution in [3.05, 3.63) is 12.2 Å². The molecule has 0 saturated carbocycles. The smallest absolute Gasteiger partial charge is 0.213 e. The van der Waals surface area contributed by atoms with E-state index in [1.165, 1.54) is 0 Å². The van der Waals surface area contributed by atoms with E-state index in [2.05, 4.69) is 17.5 Å². The zero-order chi connectivity index (χ0) is 7.94. The summed E-state index contributed by atoms with van der Waals surface area (Å²) in [7, 11) is 0. The lowest BCUT2D eigenvalue weighted by Crippen LogP contribution is -2.29. The third-order valence-electron chi connectivity index (χ3n) is 1.99. The van der Waals surface area contributed by atoms with E-state index >= 15 is 0 Å². The van der Waals surface area contributed by atoms with Crippen LogP contribution in [0.5, 0.6) is 0 Å². The van der Waals surface area contributed by atoms with Gasteiger partial charge in [0.15, 0.2) is 0 Å². The van der Waals surface area contributed by atoms with E-state index in [9.17, 15) is 4.79 Å². The Morgan fingerprint density at radius 2 is 2.00 bits per heavy atom. The Balaban J connectivity index is 2.18. The van der Waals surface area contributed by atoms with Crippen LogP contribution in [-0.4, -0.2) is 18.9 Å². The minimum Gasteiger partial charge on any atom is -0.307 e. The standard InChI is InChI=1S/C9H14NO/c11-8-7-10-9-5-3-1-2-4-6-9/h1-2,9-10H,3-7H2. The molecular weight excluding hydrogens is 138 g/mol. The van der Waals surface area contributed by atoms with Crippen LogP contribution in [0.1, 0.15) is 25.7 Å². The second-order valence-electron chi connectivity index (χ2n) is 2.85. The highest BCUT2D eigenvalue weighted by Crippen LogP contribution is 2.10. The zero-order valence-electron chi connectivity index (χ0n) is 6.68. The summed E-state index contributed by atoms with van der Waals surface area (Å²) in [5.41, 5.74) is 0. The number of allylic oxidation sites excluding steroid dienone is 2. The molecule has 2 heteroatoms. The molecule has 61 valence electrons. The van der Waals surface area contributed by atoms with Crippen LogP contribution >= 0.6 is 0 Å². The molecule has 1 aliphatic carbocycles. The lowest BCUT2D eigenvalue weighted by molar-refractivity contribution is 0.480. The van der Waals surface area contributed by atoms with Crippen LogP contribution in [0.2, 0.25) is 0 Å². The van der Waals surface area contributed by atoms with Crippen molar-refractivity contribution in [3.63, 3.8) is 0 Å². The largest absolute Gasteiger partial charge is 0.307 e. The second-order valence-corrected chi connectivity index (χ2v) is 2.85. The maximum atomic E-state index is 9.93. The minimum atomic E-state index is 0.380. The Hall–Kier alpha value is -0.630. The van der Waals surface area contributed by atoms with E-state index in [0.717, 1.165) is 25.7 Å². The van der Waals surface area contributed by atoms with Gasteiger partial charge in [-0.05, 0) is 25.7 Å². The summed E-state index contributed by atoms with van der Waals surface area (Å²) in [5.74, 6) is 0. The van der Waals surface area contributed by atoms with Crippen LogP contribution in [0.15, 0.2) is 12.2 Å². The highest BCUT2D eigenvalue weighted by atomic mass is 16.1. The first kappa shape index (κ1) is 8.47. The monoisotopic (exact) mass is 152 g/mol. The van der Waals surface area contributed by atoms with E-state index in [4.69, 9.17) is 0 Å². The van der Waals surface area contributed by atoms with Crippen molar-refractivity contribution in [2.45, 2.75) is 31.7 Å². The van der Waals surface area contributed by atoms with E-state index in [0.29, 0.717) is 12.6 Å². The summed E-state index contributed by atoms with van der Waals surface area (Å²) in [6, 6.07) is 0.520. The molecule has 0 heterocycles. The fraction of sp³-hybridized carbons (Fsp3) is 0.667. The zero-order valence-corrected chi connectivity index (χ0v) is 6.68. The van der Waals surface area contributed by atoms with Crippen LogP contribution in [0.4, 0.5) is 0 Å². The number of carbonyl (C=O) groups excluding carboxylic acids is 1. The molecule has 0 bridgehead atoms. The Bertz CT molecular complexity index is 132. The molecule has 11 heavy (non-hydrogen) atoms. The van der Waals surface area contributed by atoms with Gasteiger partial charge in [-0.3, -0.25) is 4.79 Å². The molecule has 0 fully saturated rings. The Kier molecular flexibility index (Phi) is 3.91. The quantitative estimate of drug-likeness (QED) is 0.615. The van der Waals surface area contributed by atoms with Gasteiger partial charge in [0.1, 0.15) is 0 Å². The van der Waals surface area contributed by atoms with Gasteiger partial charge < -0.3 is 5.32 Å². The summed E-state index contributed by atoms with van der Waals surface area (Å²) < 4.78 is 0. The van der Waals surface area contributed by atoms with E-state index < -0.39 is 0 Å². The molecule has 1 aliphatic rings. The highest BCUT2D eigenvalue weighted by molar-refractivity contribution is 5.52. The lowest BCUT2D eigenvalue weighted by atomic mass is 10.1. The average molecular weight is 152 g/mol. The van der Waals surface area contributed by atoms with Crippen LogP contribution in [0.3, 0.4) is 0 Å². The Labute approximate surface area is 67.7 Å². The third-order valence-corrected chi connectivity index (χ3v) is 1.99. The maximum absolute atomic E-state index is 9.93. The molecule has 0 aromatic heterocycles. The van der Waals surface area contributed by atoms with E-state index in [-0.39, 0.29) is 0 Å². The predicted octanol–water partition coefficient (Wildman–Crippen LogP) is 1.18. The van der Waals surface area contributed by atoms with Crippen LogP contribution in [0, 0.1) is 0 Å². The summed E-state index contributed by atoms with van der Waals surface area (Å²) in [5, 5.41) is 3.15. The molecule has 0 atom stereocenters. The average Bonchev–Trinajstić information content (AvgIpc) is 2.28. The van der Waals surface area contributed by atoms with Gasteiger partial charge >= 0.3 is 0 Å². The second kappa shape index (κ2) is 5.08. The summed E-state index contributed by atoms with van der Waals surface area (Å²) in [6.07, 6.45) is 10.9. The van der Waals surface area contributed by atoms with Gasteiger partial charge in [-0.15, -0.1) is 0 Å². The molecule has 0 aliphatic heterocycles. The molecule has 0 unspecified atom stereocenters. The van der Waals surface area contributed by atoms with Gasteiger partial charge in [-0.2, -0.15) is 0 Å². The van der Waals surface area contributed by atoms with Gasteiger partial charge in [0, 0.05) is 6.04 Å². The number of nitrogens with one attached hydrogen (secondary N) is 1. The predicted molar refractivity (Wildman–Crippen MR) is 45.1 cm³/mol. The highest BCUT2D eigenvalue weighted by Gasteiger charge is 2.07. The van der Waals surface area contributed by atoms with Crippen molar-refractivity contribution in [1.29, 1.82) is 0 Å². The molecule has 1 rings (SSSR count). The van der Waals surface area contributed by atoms with Crippen molar-refractivity contribution in [2.75, 3.05) is 6.54 Å². The number of hydrogen-bond donors (Lipinski definition) is 1. The van der Waals surface area contributed by atoms with Gasteiger partial charge in [0.05, 0.1) is 6.54 Å². The summed E-state index contributed by atoms with van der Waals surface area (Å²) in [4.78, 5) is 9.93. The van der Waals surface area contributed by atoms with Gasteiger partial charge in [-0.1, -0.05) is 12.2 Å². The van der Waals surface area contributed by atoms with Crippen molar-refractivity contribution >= 4 is 6.29 Å². The summed E-state index contributed by atoms with van der Waals surface area (Å²) in [6.45, 7) is 0.380. The van der Waals surface area contributed by atoms with Gasteiger partial charge in [0.2, 0.25) is 6.29 Å². The van der Waals surface area contributed by atoms with Crippen LogP contribution in [-0.2, 0) is 4.79 Å². The molecule has 2 nitrogen and oxygen atoms in total. The SMILES string of the molecule is O=[C]CNC1CCC=CCC1. The molecule has 0 saturated heterocycles. The van der Waals surface area contributed by atoms with Crippen LogP contribution < -0.4 is 5.32 Å². The van der Waals surface area contributed by atoms with Crippen molar-refractivity contribution in [2.24, 2.45) is 0 Å². The Morgan fingerprint density at radius 3 is 2.55 bits per heavy atom. The van der Waals surface area contributed by atoms with Crippen molar-refractivity contribution in [3.8, 4) is 0 Å². The van der Waals surface area contributed by atoms with Crippen molar-refractivity contribution in [1.82, 2.24) is 5.32 Å². The van der Waals surface area contributed by atoms with Crippen molar-refractivity contribution < 1.29 is 4.79 Å². The minimum absolute atomic E-state index is 0.380. The van der Waals surface area contributed by atoms with E-state index in [1.54, 1.807) is 0 Å². The number of hydrogen-bond acceptors (Lipinski definition) is 2. The normalized spacial score (nSPS) is 19.6. The molecular formula is C9H14NO. The summed E-state index contributed by atoms with van der Waals surface area (Å²) >= 11 is 0. The maximum Gasteiger partial charge on any atom is 0.213 e. The third kappa shape index (κ3) is 3.33. The fourth-order valence-corrected chi connectivity index (χ4v) is 1.36. The van der Waals surface area contributed by atoms with Crippen LogP contribution in [0.25, 0.3) is 0 Å². The molecule has 0 aromatic carbocycles. The first-order valence-corrected chi connectivity index (χ1v) is 4.17.